The first-order valence-corrected chi connectivity index (χ1v) is 7.73. The molecule has 1 atom stereocenters. The van der Waals surface area contributed by atoms with Crippen LogP contribution >= 0.6 is 27.5 Å². The van der Waals surface area contributed by atoms with E-state index in [0.29, 0.717) is 5.02 Å². The fourth-order valence-corrected chi connectivity index (χ4v) is 2.45. The van der Waals surface area contributed by atoms with E-state index in [1.165, 1.54) is 0 Å². The first-order chi connectivity index (χ1) is 9.60. The lowest BCUT2D eigenvalue weighted by Crippen LogP contribution is -2.21. The summed E-state index contributed by atoms with van der Waals surface area (Å²) in [5.74, 6) is 1.48. The number of rotatable bonds is 5. The fourth-order valence-electron chi connectivity index (χ4n) is 1.84. The Hall–Kier alpha value is -1.03. The Balaban J connectivity index is 2.15. The Morgan fingerprint density at radius 3 is 2.65 bits per heavy atom. The van der Waals surface area contributed by atoms with Crippen molar-refractivity contribution in [1.29, 1.82) is 0 Å². The van der Waals surface area contributed by atoms with Crippen molar-refractivity contribution in [3.8, 4) is 11.5 Å². The Morgan fingerprint density at radius 2 is 2.00 bits per heavy atom. The summed E-state index contributed by atoms with van der Waals surface area (Å²) < 4.78 is 6.72. The average molecular weight is 355 g/mol. The van der Waals surface area contributed by atoms with Crippen LogP contribution in [0.2, 0.25) is 5.02 Å². The summed E-state index contributed by atoms with van der Waals surface area (Å²) in [5, 5.41) is 0.693. The molecule has 2 rings (SSSR count). The van der Waals surface area contributed by atoms with Crippen molar-refractivity contribution in [3.05, 3.63) is 57.5 Å². The van der Waals surface area contributed by atoms with Gasteiger partial charge in [-0.05, 0) is 58.6 Å². The van der Waals surface area contributed by atoms with E-state index >= 15 is 0 Å². The Kier molecular flexibility index (Phi) is 5.46. The Bertz CT molecular complexity index is 588. The number of halogens is 2. The third-order valence-corrected chi connectivity index (χ3v) is 4.10. The van der Waals surface area contributed by atoms with Crippen LogP contribution in [0.1, 0.15) is 18.9 Å². The van der Waals surface area contributed by atoms with Crippen molar-refractivity contribution in [1.82, 2.24) is 0 Å². The van der Waals surface area contributed by atoms with Gasteiger partial charge in [-0.15, -0.1) is 0 Å². The van der Waals surface area contributed by atoms with Gasteiger partial charge in [0.25, 0.3) is 0 Å². The van der Waals surface area contributed by atoms with Gasteiger partial charge in [0.2, 0.25) is 0 Å². The average Bonchev–Trinajstić information content (AvgIpc) is 2.44. The molecule has 0 radical (unpaired) electrons. The molecule has 0 saturated carbocycles. The van der Waals surface area contributed by atoms with Crippen LogP contribution in [-0.2, 0) is 6.42 Å². The van der Waals surface area contributed by atoms with Crippen molar-refractivity contribution >= 4 is 27.5 Å². The van der Waals surface area contributed by atoms with Gasteiger partial charge in [0, 0.05) is 11.1 Å². The molecular weight excluding hydrogens is 338 g/mol. The summed E-state index contributed by atoms with van der Waals surface area (Å²) in [6, 6.07) is 13.6. The van der Waals surface area contributed by atoms with E-state index in [9.17, 15) is 0 Å². The second-order valence-electron chi connectivity index (χ2n) is 4.66. The highest BCUT2D eigenvalue weighted by Gasteiger charge is 2.08. The molecule has 0 aromatic heterocycles. The summed E-state index contributed by atoms with van der Waals surface area (Å²) in [5.41, 5.74) is 7.02. The lowest BCUT2D eigenvalue weighted by molar-refractivity contribution is 0.479. The van der Waals surface area contributed by atoms with Gasteiger partial charge in [0.15, 0.2) is 0 Å². The third kappa shape index (κ3) is 3.98. The second-order valence-corrected chi connectivity index (χ2v) is 5.92. The standard InChI is InChI=1S/C16H17BrClNO/c1-2-12(19)9-11-7-8-13(10-15(11)18)20-16-6-4-3-5-14(16)17/h3-8,10,12H,2,9,19H2,1H3. The molecule has 0 heterocycles. The monoisotopic (exact) mass is 353 g/mol. The molecule has 2 aromatic rings. The summed E-state index contributed by atoms with van der Waals surface area (Å²) >= 11 is 9.74. The molecular formula is C16H17BrClNO. The quantitative estimate of drug-likeness (QED) is 0.803. The molecule has 0 aliphatic carbocycles. The van der Waals surface area contributed by atoms with Crippen LogP contribution in [0.5, 0.6) is 11.5 Å². The zero-order valence-corrected chi connectivity index (χ0v) is 13.6. The topological polar surface area (TPSA) is 35.2 Å². The molecule has 0 spiro atoms. The van der Waals surface area contributed by atoms with E-state index in [1.807, 2.05) is 42.5 Å². The van der Waals surface area contributed by atoms with Crippen molar-refractivity contribution in [2.24, 2.45) is 5.73 Å². The number of hydrogen-bond acceptors (Lipinski definition) is 2. The molecule has 106 valence electrons. The van der Waals surface area contributed by atoms with E-state index in [4.69, 9.17) is 22.1 Å². The van der Waals surface area contributed by atoms with Gasteiger partial charge in [0.1, 0.15) is 11.5 Å². The van der Waals surface area contributed by atoms with Crippen molar-refractivity contribution < 1.29 is 4.74 Å². The highest BCUT2D eigenvalue weighted by Crippen LogP contribution is 2.31. The van der Waals surface area contributed by atoms with Crippen LogP contribution in [0.25, 0.3) is 0 Å². The molecule has 0 aliphatic rings. The summed E-state index contributed by atoms with van der Waals surface area (Å²) in [7, 11) is 0. The van der Waals surface area contributed by atoms with Gasteiger partial charge in [0.05, 0.1) is 4.47 Å². The third-order valence-electron chi connectivity index (χ3n) is 3.10. The Labute approximate surface area is 133 Å². The second kappa shape index (κ2) is 7.11. The van der Waals surface area contributed by atoms with E-state index in [-0.39, 0.29) is 6.04 Å². The maximum atomic E-state index is 6.29. The normalized spacial score (nSPS) is 12.2. The predicted octanol–water partition coefficient (Wildman–Crippen LogP) is 5.17. The van der Waals surface area contributed by atoms with E-state index < -0.39 is 0 Å². The molecule has 2 N–H and O–H groups in total. The molecule has 2 nitrogen and oxygen atoms in total. The molecule has 0 bridgehead atoms. The highest BCUT2D eigenvalue weighted by molar-refractivity contribution is 9.10. The minimum absolute atomic E-state index is 0.141. The maximum absolute atomic E-state index is 6.29. The van der Waals surface area contributed by atoms with Gasteiger partial charge in [-0.25, -0.2) is 0 Å². The lowest BCUT2D eigenvalue weighted by Gasteiger charge is -2.12. The summed E-state index contributed by atoms with van der Waals surface area (Å²) in [4.78, 5) is 0. The SMILES string of the molecule is CCC(N)Cc1ccc(Oc2ccccc2Br)cc1Cl. The van der Waals surface area contributed by atoms with Gasteiger partial charge < -0.3 is 10.5 Å². The predicted molar refractivity (Wildman–Crippen MR) is 87.6 cm³/mol. The van der Waals surface area contributed by atoms with Crippen LogP contribution < -0.4 is 10.5 Å². The van der Waals surface area contributed by atoms with E-state index in [0.717, 1.165) is 34.4 Å². The van der Waals surface area contributed by atoms with Gasteiger partial charge >= 0.3 is 0 Å². The van der Waals surface area contributed by atoms with Crippen LogP contribution in [0.4, 0.5) is 0 Å². The molecule has 1 unspecified atom stereocenters. The number of ether oxygens (including phenoxy) is 1. The smallest absolute Gasteiger partial charge is 0.141 e. The number of benzene rings is 2. The van der Waals surface area contributed by atoms with E-state index in [2.05, 4.69) is 22.9 Å². The lowest BCUT2D eigenvalue weighted by atomic mass is 10.0. The van der Waals surface area contributed by atoms with Crippen LogP contribution in [0.15, 0.2) is 46.9 Å². The first kappa shape index (κ1) is 15.4. The van der Waals surface area contributed by atoms with E-state index in [1.54, 1.807) is 0 Å². The zero-order valence-electron chi connectivity index (χ0n) is 11.3. The van der Waals surface area contributed by atoms with Crippen molar-refractivity contribution in [2.45, 2.75) is 25.8 Å². The number of para-hydroxylation sites is 1. The molecule has 20 heavy (non-hydrogen) atoms. The summed E-state index contributed by atoms with van der Waals surface area (Å²) in [6.07, 6.45) is 1.72. The molecule has 0 aliphatic heterocycles. The first-order valence-electron chi connectivity index (χ1n) is 6.56. The zero-order chi connectivity index (χ0) is 14.5. The number of hydrogen-bond donors (Lipinski definition) is 1. The minimum Gasteiger partial charge on any atom is -0.456 e. The van der Waals surface area contributed by atoms with Crippen LogP contribution in [-0.4, -0.2) is 6.04 Å². The molecule has 4 heteroatoms. The number of nitrogens with two attached hydrogens (primary N) is 1. The fraction of sp³-hybridized carbons (Fsp3) is 0.250. The maximum Gasteiger partial charge on any atom is 0.141 e. The van der Waals surface area contributed by atoms with Crippen LogP contribution in [0, 0.1) is 0 Å². The largest absolute Gasteiger partial charge is 0.456 e. The van der Waals surface area contributed by atoms with Gasteiger partial charge in [-0.3, -0.25) is 0 Å². The molecule has 0 amide bonds. The highest BCUT2D eigenvalue weighted by atomic mass is 79.9. The van der Waals surface area contributed by atoms with Crippen LogP contribution in [0.3, 0.4) is 0 Å². The Morgan fingerprint density at radius 1 is 1.25 bits per heavy atom. The minimum atomic E-state index is 0.141. The van der Waals surface area contributed by atoms with Crippen molar-refractivity contribution in [3.63, 3.8) is 0 Å². The van der Waals surface area contributed by atoms with Crippen molar-refractivity contribution in [2.75, 3.05) is 0 Å². The molecule has 0 fully saturated rings. The summed E-state index contributed by atoms with van der Waals surface area (Å²) in [6.45, 7) is 2.07. The molecule has 2 aromatic carbocycles. The van der Waals surface area contributed by atoms with Gasteiger partial charge in [-0.1, -0.05) is 36.7 Å². The molecule has 0 saturated heterocycles. The van der Waals surface area contributed by atoms with Gasteiger partial charge in [-0.2, -0.15) is 0 Å².